The van der Waals surface area contributed by atoms with Crippen LogP contribution in [-0.2, 0) is 17.8 Å². The lowest BCUT2D eigenvalue weighted by Crippen LogP contribution is -2.56. The van der Waals surface area contributed by atoms with Gasteiger partial charge in [-0.3, -0.25) is 19.6 Å². The van der Waals surface area contributed by atoms with Crippen LogP contribution in [0.2, 0.25) is 0 Å². The summed E-state index contributed by atoms with van der Waals surface area (Å²) >= 11 is 0. The van der Waals surface area contributed by atoms with Crippen LogP contribution in [0.5, 0.6) is 0 Å². The standard InChI is InChI=1S/C26H33N5O2/c32-24-26(11-16-29(17-12-26)15-10-21-6-2-1-3-7-21)28-25(33)31(24)23-9-5-14-30(20-23)19-22-8-4-13-27-18-22/h1-4,6-8,13,18,23H,5,9-12,14-17,19-20H2,(H,28,33). The third kappa shape index (κ3) is 4.80. The van der Waals surface area contributed by atoms with Gasteiger partial charge in [-0.1, -0.05) is 36.4 Å². The molecule has 3 aliphatic heterocycles. The number of amides is 3. The van der Waals surface area contributed by atoms with Crippen LogP contribution in [0.4, 0.5) is 4.79 Å². The van der Waals surface area contributed by atoms with E-state index in [2.05, 4.69) is 50.4 Å². The largest absolute Gasteiger partial charge is 0.325 e. The summed E-state index contributed by atoms with van der Waals surface area (Å²) in [4.78, 5) is 37.0. The topological polar surface area (TPSA) is 68.8 Å². The molecule has 3 aliphatic rings. The monoisotopic (exact) mass is 447 g/mol. The Hall–Kier alpha value is -2.77. The predicted molar refractivity (Wildman–Crippen MR) is 126 cm³/mol. The smallest absolute Gasteiger partial charge is 0.323 e. The normalized spacial score (nSPS) is 23.8. The minimum Gasteiger partial charge on any atom is -0.323 e. The Bertz CT molecular complexity index is 959. The van der Waals surface area contributed by atoms with Gasteiger partial charge in [0.1, 0.15) is 5.54 Å². The summed E-state index contributed by atoms with van der Waals surface area (Å²) in [5, 5.41) is 3.11. The van der Waals surface area contributed by atoms with Gasteiger partial charge in [0.05, 0.1) is 6.04 Å². The van der Waals surface area contributed by atoms with Crippen LogP contribution < -0.4 is 5.32 Å². The van der Waals surface area contributed by atoms with Gasteiger partial charge in [-0.25, -0.2) is 4.79 Å². The number of benzene rings is 1. The van der Waals surface area contributed by atoms with Gasteiger partial charge in [0.25, 0.3) is 5.91 Å². The molecule has 3 amide bonds. The second kappa shape index (κ2) is 9.61. The molecule has 3 fully saturated rings. The number of hydrogen-bond acceptors (Lipinski definition) is 5. The molecule has 7 heteroatoms. The van der Waals surface area contributed by atoms with Crippen molar-refractivity contribution < 1.29 is 9.59 Å². The van der Waals surface area contributed by atoms with Crippen LogP contribution in [0.3, 0.4) is 0 Å². The third-order valence-electron chi connectivity index (χ3n) is 7.44. The predicted octanol–water partition coefficient (Wildman–Crippen LogP) is 2.68. The Balaban J connectivity index is 1.18. The summed E-state index contributed by atoms with van der Waals surface area (Å²) < 4.78 is 0. The molecule has 3 saturated heterocycles. The zero-order valence-electron chi connectivity index (χ0n) is 19.2. The van der Waals surface area contributed by atoms with Gasteiger partial charge in [0.15, 0.2) is 0 Å². The van der Waals surface area contributed by atoms with Crippen LogP contribution in [0.15, 0.2) is 54.9 Å². The maximum Gasteiger partial charge on any atom is 0.325 e. The Kier molecular flexibility index (Phi) is 6.42. The molecular weight excluding hydrogens is 414 g/mol. The average molecular weight is 448 g/mol. The number of likely N-dealkylation sites (tertiary alicyclic amines) is 2. The lowest BCUT2D eigenvalue weighted by Gasteiger charge is -2.39. The number of imide groups is 1. The van der Waals surface area contributed by atoms with E-state index in [1.54, 1.807) is 11.1 Å². The minimum absolute atomic E-state index is 0.0107. The number of carbonyl (C=O) groups excluding carboxylic acids is 2. The highest BCUT2D eigenvalue weighted by atomic mass is 16.2. The molecule has 1 N–H and O–H groups in total. The molecule has 1 atom stereocenters. The highest BCUT2D eigenvalue weighted by Gasteiger charge is 2.54. The number of nitrogens with one attached hydrogen (secondary N) is 1. The Morgan fingerprint density at radius 2 is 1.76 bits per heavy atom. The number of pyridine rings is 1. The fourth-order valence-corrected chi connectivity index (χ4v) is 5.54. The van der Waals surface area contributed by atoms with E-state index in [1.165, 1.54) is 5.56 Å². The molecule has 33 heavy (non-hydrogen) atoms. The molecule has 0 saturated carbocycles. The van der Waals surface area contributed by atoms with E-state index in [9.17, 15) is 9.59 Å². The molecular formula is C26H33N5O2. The quantitative estimate of drug-likeness (QED) is 0.690. The SMILES string of the molecule is O=C1NC2(CCN(CCc3ccccc3)CC2)C(=O)N1C1CCCN(Cc2cccnc2)C1. The number of carbonyl (C=O) groups is 2. The van der Waals surface area contributed by atoms with E-state index < -0.39 is 5.54 Å². The molecule has 0 bridgehead atoms. The van der Waals surface area contributed by atoms with Gasteiger partial charge in [-0.05, 0) is 55.8 Å². The van der Waals surface area contributed by atoms with Crippen LogP contribution >= 0.6 is 0 Å². The lowest BCUT2D eigenvalue weighted by atomic mass is 9.87. The van der Waals surface area contributed by atoms with Crippen molar-refractivity contribution >= 4 is 11.9 Å². The average Bonchev–Trinajstić information content (AvgIpc) is 3.09. The molecule has 7 nitrogen and oxygen atoms in total. The van der Waals surface area contributed by atoms with Crippen molar-refractivity contribution in [2.45, 2.75) is 50.2 Å². The Morgan fingerprint density at radius 1 is 0.970 bits per heavy atom. The number of urea groups is 1. The summed E-state index contributed by atoms with van der Waals surface area (Å²) in [5.41, 5.74) is 1.78. The number of hydrogen-bond donors (Lipinski definition) is 1. The van der Waals surface area contributed by atoms with Gasteiger partial charge in [-0.15, -0.1) is 0 Å². The van der Waals surface area contributed by atoms with Crippen LogP contribution in [0.25, 0.3) is 0 Å². The second-order valence-corrected chi connectivity index (χ2v) is 9.66. The fraction of sp³-hybridized carbons (Fsp3) is 0.500. The molecule has 174 valence electrons. The molecule has 5 rings (SSSR count). The summed E-state index contributed by atoms with van der Waals surface area (Å²) in [5.74, 6) is -0.0107. The van der Waals surface area contributed by atoms with Crippen molar-refractivity contribution in [1.82, 2.24) is 25.0 Å². The van der Waals surface area contributed by atoms with Gasteiger partial charge in [-0.2, -0.15) is 0 Å². The maximum absolute atomic E-state index is 13.5. The van der Waals surface area contributed by atoms with Crippen LogP contribution in [0, 0.1) is 0 Å². The molecule has 1 aromatic heterocycles. The number of piperidine rings is 2. The molecule has 2 aromatic rings. The number of rotatable bonds is 6. The highest BCUT2D eigenvalue weighted by molar-refractivity contribution is 6.07. The van der Waals surface area contributed by atoms with Gasteiger partial charge in [0.2, 0.25) is 0 Å². The van der Waals surface area contributed by atoms with E-state index in [4.69, 9.17) is 0 Å². The summed E-state index contributed by atoms with van der Waals surface area (Å²) in [6.45, 7) is 5.17. The maximum atomic E-state index is 13.5. The van der Waals surface area contributed by atoms with Gasteiger partial charge >= 0.3 is 6.03 Å². The molecule has 1 aromatic carbocycles. The Morgan fingerprint density at radius 3 is 2.52 bits per heavy atom. The van der Waals surface area contributed by atoms with E-state index >= 15 is 0 Å². The first-order valence-electron chi connectivity index (χ1n) is 12.2. The van der Waals surface area contributed by atoms with E-state index in [1.807, 2.05) is 18.3 Å². The van der Waals surface area contributed by atoms with Crippen molar-refractivity contribution in [2.75, 3.05) is 32.7 Å². The zero-order valence-corrected chi connectivity index (χ0v) is 19.2. The van der Waals surface area contributed by atoms with E-state index in [-0.39, 0.29) is 18.0 Å². The molecule has 1 spiro atoms. The minimum atomic E-state index is -0.716. The van der Waals surface area contributed by atoms with Crippen molar-refractivity contribution in [3.05, 3.63) is 66.0 Å². The highest BCUT2D eigenvalue weighted by Crippen LogP contribution is 2.32. The second-order valence-electron chi connectivity index (χ2n) is 9.66. The van der Waals surface area contributed by atoms with Crippen LogP contribution in [-0.4, -0.2) is 75.9 Å². The van der Waals surface area contributed by atoms with Crippen LogP contribution in [0.1, 0.15) is 36.8 Å². The van der Waals surface area contributed by atoms with Crippen molar-refractivity contribution in [3.8, 4) is 0 Å². The first-order chi connectivity index (χ1) is 16.1. The zero-order chi connectivity index (χ0) is 22.7. The number of nitrogens with zero attached hydrogens (tertiary/aromatic N) is 4. The van der Waals surface area contributed by atoms with E-state index in [0.29, 0.717) is 12.8 Å². The Labute approximate surface area is 195 Å². The van der Waals surface area contributed by atoms with Crippen molar-refractivity contribution in [1.29, 1.82) is 0 Å². The first-order valence-corrected chi connectivity index (χ1v) is 12.2. The molecule has 4 heterocycles. The van der Waals surface area contributed by atoms with Gasteiger partial charge < -0.3 is 10.2 Å². The van der Waals surface area contributed by atoms with E-state index in [0.717, 1.165) is 64.1 Å². The fourth-order valence-electron chi connectivity index (χ4n) is 5.54. The summed E-state index contributed by atoms with van der Waals surface area (Å²) in [6.07, 6.45) is 7.92. The first kappa shape index (κ1) is 22.0. The third-order valence-corrected chi connectivity index (χ3v) is 7.44. The molecule has 0 radical (unpaired) electrons. The summed E-state index contributed by atoms with van der Waals surface area (Å²) in [7, 11) is 0. The van der Waals surface area contributed by atoms with Crippen molar-refractivity contribution in [3.63, 3.8) is 0 Å². The molecule has 1 unspecified atom stereocenters. The number of aromatic nitrogens is 1. The lowest BCUT2D eigenvalue weighted by molar-refractivity contribution is -0.135. The van der Waals surface area contributed by atoms with Crippen molar-refractivity contribution in [2.24, 2.45) is 0 Å². The van der Waals surface area contributed by atoms with Gasteiger partial charge in [0, 0.05) is 45.1 Å². The summed E-state index contributed by atoms with van der Waals surface area (Å²) in [6, 6.07) is 14.3. The molecule has 0 aliphatic carbocycles.